The van der Waals surface area contributed by atoms with Crippen LogP contribution in [0.2, 0.25) is 0 Å². The molecule has 2 aromatic rings. The maximum absolute atomic E-state index is 12.4. The Labute approximate surface area is 135 Å². The number of aromatic amines is 1. The molecule has 0 aliphatic carbocycles. The molecule has 122 valence electrons. The van der Waals surface area contributed by atoms with Crippen molar-refractivity contribution in [2.75, 3.05) is 19.7 Å². The van der Waals surface area contributed by atoms with Crippen molar-refractivity contribution in [3.05, 3.63) is 41.7 Å². The zero-order valence-electron chi connectivity index (χ0n) is 13.2. The second kappa shape index (κ2) is 7.32. The first kappa shape index (κ1) is 15.6. The number of pyridine rings is 1. The van der Waals surface area contributed by atoms with Crippen molar-refractivity contribution in [2.24, 2.45) is 0 Å². The molecule has 2 aromatic heterocycles. The number of rotatable bonds is 5. The SMILES string of the molecule is Cc1nc([C@@H]2CN(C(=O)CCCc3ccccn3)CCO2)n[nH]1. The minimum Gasteiger partial charge on any atom is -0.366 e. The number of hydrogen-bond donors (Lipinski definition) is 1. The maximum atomic E-state index is 12.4. The Kier molecular flexibility index (Phi) is 4.97. The zero-order chi connectivity index (χ0) is 16.1. The Hall–Kier alpha value is -2.28. The first-order chi connectivity index (χ1) is 11.2. The normalized spacial score (nSPS) is 18.1. The van der Waals surface area contributed by atoms with E-state index in [1.54, 1.807) is 6.20 Å². The summed E-state index contributed by atoms with van der Waals surface area (Å²) in [5, 5.41) is 6.94. The van der Waals surface area contributed by atoms with E-state index in [0.717, 1.165) is 24.4 Å². The molecule has 0 radical (unpaired) electrons. The average Bonchev–Trinajstić information content (AvgIpc) is 3.02. The molecule has 7 nitrogen and oxygen atoms in total. The van der Waals surface area contributed by atoms with Crippen LogP contribution in [0.3, 0.4) is 0 Å². The number of carbonyl (C=O) groups excluding carboxylic acids is 1. The van der Waals surface area contributed by atoms with E-state index in [-0.39, 0.29) is 12.0 Å². The second-order valence-corrected chi connectivity index (χ2v) is 5.65. The number of hydrogen-bond acceptors (Lipinski definition) is 5. The van der Waals surface area contributed by atoms with E-state index in [1.165, 1.54) is 0 Å². The Morgan fingerprint density at radius 3 is 3.13 bits per heavy atom. The molecule has 0 spiro atoms. The van der Waals surface area contributed by atoms with Gasteiger partial charge in [0.2, 0.25) is 5.91 Å². The molecule has 1 aliphatic heterocycles. The van der Waals surface area contributed by atoms with Gasteiger partial charge in [-0.25, -0.2) is 4.98 Å². The molecule has 1 saturated heterocycles. The number of amides is 1. The number of nitrogens with one attached hydrogen (secondary N) is 1. The third-order valence-corrected chi connectivity index (χ3v) is 3.87. The lowest BCUT2D eigenvalue weighted by Gasteiger charge is -2.31. The van der Waals surface area contributed by atoms with Crippen LogP contribution in [0.15, 0.2) is 24.4 Å². The number of morpholine rings is 1. The van der Waals surface area contributed by atoms with Crippen molar-refractivity contribution >= 4 is 5.91 Å². The van der Waals surface area contributed by atoms with E-state index >= 15 is 0 Å². The molecule has 1 aliphatic rings. The highest BCUT2D eigenvalue weighted by molar-refractivity contribution is 5.76. The van der Waals surface area contributed by atoms with Gasteiger partial charge in [0.05, 0.1) is 13.2 Å². The van der Waals surface area contributed by atoms with E-state index in [0.29, 0.717) is 31.9 Å². The van der Waals surface area contributed by atoms with Crippen LogP contribution in [0, 0.1) is 6.92 Å². The molecule has 1 N–H and O–H groups in total. The Morgan fingerprint density at radius 2 is 2.39 bits per heavy atom. The predicted octanol–water partition coefficient (Wildman–Crippen LogP) is 1.43. The summed E-state index contributed by atoms with van der Waals surface area (Å²) in [7, 11) is 0. The molecule has 1 atom stereocenters. The van der Waals surface area contributed by atoms with E-state index in [2.05, 4.69) is 20.2 Å². The quantitative estimate of drug-likeness (QED) is 0.902. The van der Waals surface area contributed by atoms with E-state index in [1.807, 2.05) is 30.0 Å². The lowest BCUT2D eigenvalue weighted by molar-refractivity contribution is -0.139. The van der Waals surface area contributed by atoms with Crippen molar-refractivity contribution in [3.8, 4) is 0 Å². The van der Waals surface area contributed by atoms with Gasteiger partial charge in [0, 0.05) is 24.9 Å². The van der Waals surface area contributed by atoms with Crippen molar-refractivity contribution in [3.63, 3.8) is 0 Å². The highest BCUT2D eigenvalue weighted by atomic mass is 16.5. The van der Waals surface area contributed by atoms with Gasteiger partial charge in [-0.2, -0.15) is 5.10 Å². The predicted molar refractivity (Wildman–Crippen MR) is 83.6 cm³/mol. The molecule has 0 aromatic carbocycles. The number of H-pyrrole nitrogens is 1. The van der Waals surface area contributed by atoms with Gasteiger partial charge in [0.1, 0.15) is 11.9 Å². The molecule has 3 heterocycles. The van der Waals surface area contributed by atoms with E-state index in [4.69, 9.17) is 4.74 Å². The molecule has 3 rings (SSSR count). The van der Waals surface area contributed by atoms with Gasteiger partial charge in [0.25, 0.3) is 0 Å². The first-order valence-electron chi connectivity index (χ1n) is 7.90. The topological polar surface area (TPSA) is 84.0 Å². The summed E-state index contributed by atoms with van der Waals surface area (Å²) in [6.07, 6.45) is 3.69. The molecule has 0 bridgehead atoms. The fourth-order valence-electron chi connectivity index (χ4n) is 2.66. The molecule has 1 amide bonds. The third-order valence-electron chi connectivity index (χ3n) is 3.87. The third kappa shape index (κ3) is 4.13. The van der Waals surface area contributed by atoms with Gasteiger partial charge in [-0.15, -0.1) is 0 Å². The van der Waals surface area contributed by atoms with Gasteiger partial charge in [-0.3, -0.25) is 14.9 Å². The minimum absolute atomic E-state index is 0.154. The van der Waals surface area contributed by atoms with Gasteiger partial charge >= 0.3 is 0 Å². The summed E-state index contributed by atoms with van der Waals surface area (Å²) >= 11 is 0. The second-order valence-electron chi connectivity index (χ2n) is 5.65. The van der Waals surface area contributed by atoms with Crippen molar-refractivity contribution in [1.29, 1.82) is 0 Å². The maximum Gasteiger partial charge on any atom is 0.222 e. The summed E-state index contributed by atoms with van der Waals surface area (Å²) in [4.78, 5) is 22.8. The standard InChI is InChI=1S/C16H21N5O2/c1-12-18-16(20-19-12)14-11-21(9-10-23-14)15(22)7-4-6-13-5-2-3-8-17-13/h2-3,5,8,14H,4,6-7,9-11H2,1H3,(H,18,19,20)/t14-/m0/s1. The first-order valence-corrected chi connectivity index (χ1v) is 7.90. The highest BCUT2D eigenvalue weighted by Gasteiger charge is 2.27. The largest absolute Gasteiger partial charge is 0.366 e. The lowest BCUT2D eigenvalue weighted by Crippen LogP contribution is -2.42. The van der Waals surface area contributed by atoms with Crippen LogP contribution in [0.5, 0.6) is 0 Å². The summed E-state index contributed by atoms with van der Waals surface area (Å²) in [6, 6.07) is 5.85. The van der Waals surface area contributed by atoms with E-state index in [9.17, 15) is 4.79 Å². The number of aromatic nitrogens is 4. The molecular formula is C16H21N5O2. The van der Waals surface area contributed by atoms with Crippen LogP contribution in [0.4, 0.5) is 0 Å². The van der Waals surface area contributed by atoms with Crippen LogP contribution in [0.25, 0.3) is 0 Å². The highest BCUT2D eigenvalue weighted by Crippen LogP contribution is 2.20. The zero-order valence-corrected chi connectivity index (χ0v) is 13.2. The fourth-order valence-corrected chi connectivity index (χ4v) is 2.66. The summed E-state index contributed by atoms with van der Waals surface area (Å²) in [5.41, 5.74) is 1.02. The fraction of sp³-hybridized carbons (Fsp3) is 0.500. The lowest BCUT2D eigenvalue weighted by atomic mass is 10.1. The summed E-state index contributed by atoms with van der Waals surface area (Å²) in [5.74, 6) is 1.53. The summed E-state index contributed by atoms with van der Waals surface area (Å²) in [6.45, 7) is 3.51. The van der Waals surface area contributed by atoms with Crippen LogP contribution in [-0.4, -0.2) is 50.7 Å². The van der Waals surface area contributed by atoms with E-state index < -0.39 is 0 Å². The van der Waals surface area contributed by atoms with Crippen LogP contribution >= 0.6 is 0 Å². The molecule has 0 saturated carbocycles. The number of aryl methyl sites for hydroxylation is 2. The monoisotopic (exact) mass is 315 g/mol. The molecule has 23 heavy (non-hydrogen) atoms. The Bertz CT molecular complexity index is 643. The summed E-state index contributed by atoms with van der Waals surface area (Å²) < 4.78 is 5.68. The molecule has 7 heteroatoms. The minimum atomic E-state index is -0.242. The number of ether oxygens (including phenoxy) is 1. The van der Waals surface area contributed by atoms with Gasteiger partial charge in [0.15, 0.2) is 5.82 Å². The van der Waals surface area contributed by atoms with Crippen molar-refractivity contribution < 1.29 is 9.53 Å². The molecular weight excluding hydrogens is 294 g/mol. The number of nitrogens with zero attached hydrogens (tertiary/aromatic N) is 4. The average molecular weight is 315 g/mol. The number of carbonyl (C=O) groups is 1. The van der Waals surface area contributed by atoms with Crippen LogP contribution in [0.1, 0.15) is 36.3 Å². The smallest absolute Gasteiger partial charge is 0.222 e. The van der Waals surface area contributed by atoms with Crippen LogP contribution in [-0.2, 0) is 16.0 Å². The van der Waals surface area contributed by atoms with Gasteiger partial charge < -0.3 is 9.64 Å². The molecule has 0 unspecified atom stereocenters. The Morgan fingerprint density at radius 1 is 1.48 bits per heavy atom. The van der Waals surface area contributed by atoms with Crippen molar-refractivity contribution in [1.82, 2.24) is 25.1 Å². The molecule has 1 fully saturated rings. The van der Waals surface area contributed by atoms with Crippen LogP contribution < -0.4 is 0 Å². The van der Waals surface area contributed by atoms with Crippen molar-refractivity contribution in [2.45, 2.75) is 32.3 Å². The Balaban J connectivity index is 1.49. The van der Waals surface area contributed by atoms with Gasteiger partial charge in [-0.1, -0.05) is 6.07 Å². The van der Waals surface area contributed by atoms with Gasteiger partial charge in [-0.05, 0) is 31.9 Å².